The first-order valence-corrected chi connectivity index (χ1v) is 6.57. The molecule has 0 amide bonds. The fourth-order valence-corrected chi connectivity index (χ4v) is 2.49. The molecule has 0 aliphatic carbocycles. The topological polar surface area (TPSA) is 52.3 Å². The van der Waals surface area contributed by atoms with Crippen LogP contribution in [0.15, 0.2) is 40.9 Å². The highest BCUT2D eigenvalue weighted by molar-refractivity contribution is 9.10. The van der Waals surface area contributed by atoms with Crippen LogP contribution in [0.2, 0.25) is 0 Å². The number of nitrogen functional groups attached to an aromatic ring is 1. The summed E-state index contributed by atoms with van der Waals surface area (Å²) in [6.45, 7) is 1.88. The smallest absolute Gasteiger partial charge is 0.195 e. The maximum absolute atomic E-state index is 12.5. The Labute approximate surface area is 120 Å². The van der Waals surface area contributed by atoms with Gasteiger partial charge in [0.05, 0.1) is 11.6 Å². The molecule has 0 unspecified atom stereocenters. The molecular formula is C15H14BrNO2. The number of ether oxygens (including phenoxy) is 1. The maximum atomic E-state index is 12.5. The van der Waals surface area contributed by atoms with Gasteiger partial charge < -0.3 is 10.5 Å². The average molecular weight is 320 g/mol. The van der Waals surface area contributed by atoms with E-state index < -0.39 is 0 Å². The highest BCUT2D eigenvalue weighted by Gasteiger charge is 2.16. The molecule has 0 bridgehead atoms. The summed E-state index contributed by atoms with van der Waals surface area (Å²) in [5.74, 6) is 0.605. The number of ketones is 1. The molecule has 2 aromatic rings. The van der Waals surface area contributed by atoms with Gasteiger partial charge in [-0.2, -0.15) is 0 Å². The molecule has 0 aromatic heterocycles. The average Bonchev–Trinajstić information content (AvgIpc) is 2.38. The second-order valence-electron chi connectivity index (χ2n) is 4.22. The number of nitrogens with two attached hydrogens (primary N) is 1. The molecule has 0 aliphatic heterocycles. The first kappa shape index (κ1) is 13.6. The summed E-state index contributed by atoms with van der Waals surface area (Å²) >= 11 is 3.38. The zero-order valence-electron chi connectivity index (χ0n) is 10.7. The number of halogens is 1. The van der Waals surface area contributed by atoms with E-state index in [1.54, 1.807) is 31.4 Å². The summed E-state index contributed by atoms with van der Waals surface area (Å²) in [7, 11) is 1.58. The van der Waals surface area contributed by atoms with Crippen molar-refractivity contribution in [2.75, 3.05) is 12.8 Å². The molecule has 0 saturated heterocycles. The zero-order valence-corrected chi connectivity index (χ0v) is 12.3. The van der Waals surface area contributed by atoms with Gasteiger partial charge in [-0.15, -0.1) is 0 Å². The highest BCUT2D eigenvalue weighted by atomic mass is 79.9. The van der Waals surface area contributed by atoms with Gasteiger partial charge in [-0.05, 0) is 52.7 Å². The largest absolute Gasteiger partial charge is 0.496 e. The molecule has 19 heavy (non-hydrogen) atoms. The number of methoxy groups -OCH3 is 1. The standard InChI is InChI=1S/C15H14BrNO2/c1-9-4-3-5-12(17)14(9)15(18)10-6-7-13(19-2)11(16)8-10/h3-8H,17H2,1-2H3. The number of hydrogen-bond donors (Lipinski definition) is 1. The molecule has 2 rings (SSSR count). The van der Waals surface area contributed by atoms with Crippen LogP contribution in [0, 0.1) is 6.92 Å². The second-order valence-corrected chi connectivity index (χ2v) is 5.07. The van der Waals surface area contributed by atoms with E-state index in [9.17, 15) is 4.79 Å². The van der Waals surface area contributed by atoms with E-state index in [0.29, 0.717) is 22.6 Å². The quantitative estimate of drug-likeness (QED) is 0.695. The van der Waals surface area contributed by atoms with Gasteiger partial charge in [0.1, 0.15) is 5.75 Å². The predicted octanol–water partition coefficient (Wildman–Crippen LogP) is 3.58. The summed E-state index contributed by atoms with van der Waals surface area (Å²) in [6, 6.07) is 10.7. The summed E-state index contributed by atoms with van der Waals surface area (Å²) in [5, 5.41) is 0. The first-order chi connectivity index (χ1) is 9.04. The van der Waals surface area contributed by atoms with Crippen LogP contribution in [0.3, 0.4) is 0 Å². The van der Waals surface area contributed by atoms with Crippen LogP contribution in [0.4, 0.5) is 5.69 Å². The van der Waals surface area contributed by atoms with Gasteiger partial charge in [0, 0.05) is 16.8 Å². The Morgan fingerprint density at radius 1 is 1.26 bits per heavy atom. The molecule has 0 fully saturated rings. The van der Waals surface area contributed by atoms with E-state index in [1.165, 1.54) is 0 Å². The second kappa shape index (κ2) is 5.45. The fourth-order valence-electron chi connectivity index (χ4n) is 1.95. The van der Waals surface area contributed by atoms with Gasteiger partial charge in [0.25, 0.3) is 0 Å². The number of benzene rings is 2. The minimum absolute atomic E-state index is 0.0843. The molecule has 0 saturated carbocycles. The van der Waals surface area contributed by atoms with Crippen molar-refractivity contribution in [1.29, 1.82) is 0 Å². The Hall–Kier alpha value is -1.81. The minimum Gasteiger partial charge on any atom is -0.496 e. The van der Waals surface area contributed by atoms with Gasteiger partial charge in [-0.25, -0.2) is 0 Å². The Morgan fingerprint density at radius 3 is 2.58 bits per heavy atom. The zero-order chi connectivity index (χ0) is 14.0. The van der Waals surface area contributed by atoms with E-state index in [1.807, 2.05) is 19.1 Å². The Morgan fingerprint density at radius 2 is 2.00 bits per heavy atom. The molecule has 0 heterocycles. The van der Waals surface area contributed by atoms with Crippen molar-refractivity contribution < 1.29 is 9.53 Å². The molecular weight excluding hydrogens is 306 g/mol. The van der Waals surface area contributed by atoms with Crippen molar-refractivity contribution >= 4 is 27.4 Å². The van der Waals surface area contributed by atoms with Gasteiger partial charge >= 0.3 is 0 Å². The molecule has 3 nitrogen and oxygen atoms in total. The van der Waals surface area contributed by atoms with Crippen molar-refractivity contribution in [2.24, 2.45) is 0 Å². The number of aryl methyl sites for hydroxylation is 1. The van der Waals surface area contributed by atoms with Crippen LogP contribution in [-0.2, 0) is 0 Å². The van der Waals surface area contributed by atoms with E-state index in [4.69, 9.17) is 10.5 Å². The van der Waals surface area contributed by atoms with Crippen molar-refractivity contribution in [3.8, 4) is 5.75 Å². The molecule has 0 atom stereocenters. The summed E-state index contributed by atoms with van der Waals surface area (Å²) in [5.41, 5.74) is 8.40. The highest BCUT2D eigenvalue weighted by Crippen LogP contribution is 2.28. The fraction of sp³-hybridized carbons (Fsp3) is 0.133. The molecule has 0 spiro atoms. The molecule has 0 radical (unpaired) electrons. The summed E-state index contributed by atoms with van der Waals surface area (Å²) in [4.78, 5) is 12.5. The molecule has 2 N–H and O–H groups in total. The molecule has 2 aromatic carbocycles. The normalized spacial score (nSPS) is 10.3. The lowest BCUT2D eigenvalue weighted by molar-refractivity contribution is 0.103. The molecule has 0 aliphatic rings. The number of hydrogen-bond acceptors (Lipinski definition) is 3. The van der Waals surface area contributed by atoms with E-state index in [0.717, 1.165) is 10.0 Å². The van der Waals surface area contributed by atoms with Gasteiger partial charge in [-0.3, -0.25) is 4.79 Å². The van der Waals surface area contributed by atoms with Crippen molar-refractivity contribution in [1.82, 2.24) is 0 Å². The number of rotatable bonds is 3. The van der Waals surface area contributed by atoms with E-state index >= 15 is 0 Å². The maximum Gasteiger partial charge on any atom is 0.195 e. The van der Waals surface area contributed by atoms with Crippen molar-refractivity contribution in [3.05, 3.63) is 57.6 Å². The number of carbonyl (C=O) groups is 1. The first-order valence-electron chi connectivity index (χ1n) is 5.78. The van der Waals surface area contributed by atoms with Crippen LogP contribution < -0.4 is 10.5 Å². The van der Waals surface area contributed by atoms with E-state index in [-0.39, 0.29) is 5.78 Å². The lowest BCUT2D eigenvalue weighted by Gasteiger charge is -2.10. The van der Waals surface area contributed by atoms with Gasteiger partial charge in [-0.1, -0.05) is 12.1 Å². The lowest BCUT2D eigenvalue weighted by atomic mass is 9.97. The predicted molar refractivity (Wildman–Crippen MR) is 79.7 cm³/mol. The lowest BCUT2D eigenvalue weighted by Crippen LogP contribution is -2.07. The Bertz CT molecular complexity index is 618. The third kappa shape index (κ3) is 2.63. The van der Waals surface area contributed by atoms with E-state index in [2.05, 4.69) is 15.9 Å². The van der Waals surface area contributed by atoms with Crippen LogP contribution in [0.1, 0.15) is 21.5 Å². The van der Waals surface area contributed by atoms with Crippen molar-refractivity contribution in [2.45, 2.75) is 6.92 Å². The van der Waals surface area contributed by atoms with Crippen LogP contribution in [-0.4, -0.2) is 12.9 Å². The van der Waals surface area contributed by atoms with Gasteiger partial charge in [0.15, 0.2) is 5.78 Å². The Kier molecular flexibility index (Phi) is 3.90. The van der Waals surface area contributed by atoms with Crippen LogP contribution in [0.25, 0.3) is 0 Å². The SMILES string of the molecule is COc1ccc(C(=O)c2c(C)cccc2N)cc1Br. The number of anilines is 1. The van der Waals surface area contributed by atoms with Crippen LogP contribution >= 0.6 is 15.9 Å². The van der Waals surface area contributed by atoms with Gasteiger partial charge in [0.2, 0.25) is 0 Å². The third-order valence-electron chi connectivity index (χ3n) is 2.95. The monoisotopic (exact) mass is 319 g/mol. The summed E-state index contributed by atoms with van der Waals surface area (Å²) < 4.78 is 5.89. The summed E-state index contributed by atoms with van der Waals surface area (Å²) in [6.07, 6.45) is 0. The van der Waals surface area contributed by atoms with Crippen LogP contribution in [0.5, 0.6) is 5.75 Å². The minimum atomic E-state index is -0.0843. The molecule has 98 valence electrons. The third-order valence-corrected chi connectivity index (χ3v) is 3.57. The molecule has 4 heteroatoms. The number of carbonyl (C=O) groups excluding carboxylic acids is 1. The Balaban J connectivity index is 2.48. The van der Waals surface area contributed by atoms with Crippen molar-refractivity contribution in [3.63, 3.8) is 0 Å².